The van der Waals surface area contributed by atoms with Crippen LogP contribution in [0.4, 0.5) is 5.00 Å². The average molecular weight is 246 g/mol. The van der Waals surface area contributed by atoms with Crippen molar-refractivity contribution in [2.24, 2.45) is 0 Å². The molecule has 3 aromatic heterocycles. The number of nitrogen functional groups attached to an aromatic ring is 1. The van der Waals surface area contributed by atoms with Gasteiger partial charge in [-0.15, -0.1) is 11.3 Å². The number of aromatic nitrogens is 3. The number of rotatable bonds is 2. The van der Waals surface area contributed by atoms with Gasteiger partial charge in [0.25, 0.3) is 5.89 Å². The second-order valence-corrected chi connectivity index (χ2v) is 4.75. The van der Waals surface area contributed by atoms with E-state index >= 15 is 0 Å². The molecule has 86 valence electrons. The predicted octanol–water partition coefficient (Wildman–Crippen LogP) is 2.68. The molecule has 3 aromatic rings. The van der Waals surface area contributed by atoms with Crippen LogP contribution < -0.4 is 5.73 Å². The Labute approximate surface area is 101 Å². The summed E-state index contributed by atoms with van der Waals surface area (Å²) in [4.78, 5) is 8.30. The molecule has 5 nitrogen and oxygen atoms in total. The lowest BCUT2D eigenvalue weighted by Gasteiger charge is -1.88. The van der Waals surface area contributed by atoms with Crippen molar-refractivity contribution in [1.82, 2.24) is 15.1 Å². The summed E-state index contributed by atoms with van der Waals surface area (Å²) in [6.07, 6.45) is 1.82. The third-order valence-electron chi connectivity index (χ3n) is 2.40. The minimum Gasteiger partial charge on any atom is -0.391 e. The van der Waals surface area contributed by atoms with E-state index in [4.69, 9.17) is 10.3 Å². The molecule has 0 bridgehead atoms. The zero-order valence-electron chi connectivity index (χ0n) is 9.10. The van der Waals surface area contributed by atoms with Crippen LogP contribution in [-0.4, -0.2) is 15.1 Å². The van der Waals surface area contributed by atoms with Gasteiger partial charge in [-0.05, 0) is 30.7 Å². The van der Waals surface area contributed by atoms with Crippen molar-refractivity contribution < 1.29 is 4.52 Å². The number of nitrogens with one attached hydrogen (secondary N) is 1. The summed E-state index contributed by atoms with van der Waals surface area (Å²) in [5.74, 6) is 1.06. The molecule has 3 rings (SSSR count). The van der Waals surface area contributed by atoms with E-state index in [1.54, 1.807) is 0 Å². The number of anilines is 1. The summed E-state index contributed by atoms with van der Waals surface area (Å²) >= 11 is 1.45. The quantitative estimate of drug-likeness (QED) is 0.728. The lowest BCUT2D eigenvalue weighted by molar-refractivity contribution is 0.433. The summed E-state index contributed by atoms with van der Waals surface area (Å²) in [5.41, 5.74) is 7.63. The van der Waals surface area contributed by atoms with Gasteiger partial charge < -0.3 is 15.2 Å². The minimum absolute atomic E-state index is 0.508. The fourth-order valence-electron chi connectivity index (χ4n) is 1.61. The number of aryl methyl sites for hydroxylation is 1. The SMILES string of the molecule is Cc1cc(N)sc1-c1nc(-c2ccc[nH]2)no1. The molecule has 0 unspecified atom stereocenters. The molecule has 0 aliphatic heterocycles. The van der Waals surface area contributed by atoms with Crippen LogP contribution in [0, 0.1) is 6.92 Å². The maximum atomic E-state index is 5.74. The van der Waals surface area contributed by atoms with E-state index in [0.717, 1.165) is 21.1 Å². The molecule has 3 heterocycles. The van der Waals surface area contributed by atoms with Crippen molar-refractivity contribution >= 4 is 16.3 Å². The zero-order chi connectivity index (χ0) is 11.8. The Kier molecular flexibility index (Phi) is 2.22. The molecule has 6 heteroatoms. The van der Waals surface area contributed by atoms with Gasteiger partial charge in [-0.25, -0.2) is 0 Å². The number of hydrogen-bond donors (Lipinski definition) is 2. The second-order valence-electron chi connectivity index (χ2n) is 3.67. The predicted molar refractivity (Wildman–Crippen MR) is 66.5 cm³/mol. The molecule has 0 saturated heterocycles. The van der Waals surface area contributed by atoms with Gasteiger partial charge in [0, 0.05) is 6.20 Å². The molecule has 0 saturated carbocycles. The number of thiophene rings is 1. The minimum atomic E-state index is 0.508. The lowest BCUT2D eigenvalue weighted by atomic mass is 10.3. The van der Waals surface area contributed by atoms with Crippen molar-refractivity contribution in [3.8, 4) is 22.3 Å². The fraction of sp³-hybridized carbons (Fsp3) is 0.0909. The third-order valence-corrected chi connectivity index (χ3v) is 3.45. The monoisotopic (exact) mass is 246 g/mol. The molecule has 0 aromatic carbocycles. The topological polar surface area (TPSA) is 80.7 Å². The van der Waals surface area contributed by atoms with Crippen LogP contribution in [-0.2, 0) is 0 Å². The van der Waals surface area contributed by atoms with E-state index in [1.165, 1.54) is 11.3 Å². The standard InChI is InChI=1S/C11H10N4OS/c1-6-5-8(12)17-9(6)11-14-10(15-16-11)7-3-2-4-13-7/h2-5,13H,12H2,1H3. The highest BCUT2D eigenvalue weighted by molar-refractivity contribution is 7.19. The van der Waals surface area contributed by atoms with Crippen LogP contribution in [0.2, 0.25) is 0 Å². The van der Waals surface area contributed by atoms with Gasteiger partial charge in [-0.1, -0.05) is 5.16 Å². The van der Waals surface area contributed by atoms with Gasteiger partial charge in [0.05, 0.1) is 15.6 Å². The van der Waals surface area contributed by atoms with Crippen LogP contribution in [0.25, 0.3) is 22.3 Å². The van der Waals surface area contributed by atoms with Crippen LogP contribution >= 0.6 is 11.3 Å². The van der Waals surface area contributed by atoms with Gasteiger partial charge in [0.1, 0.15) is 0 Å². The van der Waals surface area contributed by atoms with Crippen LogP contribution in [0.15, 0.2) is 28.9 Å². The van der Waals surface area contributed by atoms with E-state index in [-0.39, 0.29) is 0 Å². The first kappa shape index (κ1) is 10.1. The summed E-state index contributed by atoms with van der Waals surface area (Å²) in [5, 5.41) is 4.68. The van der Waals surface area contributed by atoms with Crippen molar-refractivity contribution in [3.63, 3.8) is 0 Å². The number of aromatic amines is 1. The molecule has 0 radical (unpaired) electrons. The maximum Gasteiger partial charge on any atom is 0.268 e. The van der Waals surface area contributed by atoms with Gasteiger partial charge in [0.15, 0.2) is 0 Å². The highest BCUT2D eigenvalue weighted by atomic mass is 32.1. The van der Waals surface area contributed by atoms with Crippen LogP contribution in [0.3, 0.4) is 0 Å². The number of nitrogens with zero attached hydrogens (tertiary/aromatic N) is 2. The fourth-order valence-corrected chi connectivity index (χ4v) is 2.48. The first-order valence-electron chi connectivity index (χ1n) is 5.08. The number of H-pyrrole nitrogens is 1. The Balaban J connectivity index is 2.03. The largest absolute Gasteiger partial charge is 0.391 e. The first-order valence-corrected chi connectivity index (χ1v) is 5.89. The Morgan fingerprint density at radius 3 is 3.00 bits per heavy atom. The number of hydrogen-bond acceptors (Lipinski definition) is 5. The van der Waals surface area contributed by atoms with Crippen molar-refractivity contribution in [2.45, 2.75) is 6.92 Å². The molecule has 0 spiro atoms. The zero-order valence-corrected chi connectivity index (χ0v) is 9.91. The summed E-state index contributed by atoms with van der Waals surface area (Å²) in [7, 11) is 0. The average Bonchev–Trinajstić information content (AvgIpc) is 2.97. The normalized spacial score (nSPS) is 10.9. The van der Waals surface area contributed by atoms with Gasteiger partial charge in [-0.2, -0.15) is 4.98 Å². The summed E-state index contributed by atoms with van der Waals surface area (Å²) in [6.45, 7) is 1.97. The molecule has 0 amide bonds. The first-order chi connectivity index (χ1) is 8.24. The molecular formula is C11H10N4OS. The molecule has 0 aliphatic carbocycles. The van der Waals surface area contributed by atoms with Crippen molar-refractivity contribution in [2.75, 3.05) is 5.73 Å². The van der Waals surface area contributed by atoms with E-state index in [9.17, 15) is 0 Å². The van der Waals surface area contributed by atoms with E-state index < -0.39 is 0 Å². The molecular weight excluding hydrogens is 236 g/mol. The van der Waals surface area contributed by atoms with Gasteiger partial charge in [0.2, 0.25) is 5.82 Å². The Hall–Kier alpha value is -2.08. The third kappa shape index (κ3) is 1.72. The van der Waals surface area contributed by atoms with Gasteiger partial charge >= 0.3 is 0 Å². The van der Waals surface area contributed by atoms with E-state index in [1.807, 2.05) is 31.3 Å². The Bertz CT molecular complexity index is 638. The van der Waals surface area contributed by atoms with Crippen LogP contribution in [0.5, 0.6) is 0 Å². The highest BCUT2D eigenvalue weighted by Gasteiger charge is 2.15. The molecule has 0 fully saturated rings. The smallest absolute Gasteiger partial charge is 0.268 e. The lowest BCUT2D eigenvalue weighted by Crippen LogP contribution is -1.79. The molecule has 0 aliphatic rings. The van der Waals surface area contributed by atoms with Crippen molar-refractivity contribution in [1.29, 1.82) is 0 Å². The summed E-state index contributed by atoms with van der Waals surface area (Å²) in [6, 6.07) is 5.68. The van der Waals surface area contributed by atoms with E-state index in [2.05, 4.69) is 15.1 Å². The second kappa shape index (κ2) is 3.74. The van der Waals surface area contributed by atoms with Crippen LogP contribution in [0.1, 0.15) is 5.56 Å². The molecule has 3 N–H and O–H groups in total. The number of nitrogens with two attached hydrogens (primary N) is 1. The van der Waals surface area contributed by atoms with E-state index in [0.29, 0.717) is 11.7 Å². The molecule has 17 heavy (non-hydrogen) atoms. The Morgan fingerprint density at radius 1 is 1.47 bits per heavy atom. The highest BCUT2D eigenvalue weighted by Crippen LogP contribution is 2.33. The van der Waals surface area contributed by atoms with Gasteiger partial charge in [-0.3, -0.25) is 0 Å². The molecule has 0 atom stereocenters. The van der Waals surface area contributed by atoms with Crippen molar-refractivity contribution in [3.05, 3.63) is 30.0 Å². The summed E-state index contributed by atoms with van der Waals surface area (Å²) < 4.78 is 5.24. The Morgan fingerprint density at radius 2 is 2.35 bits per heavy atom. The maximum absolute atomic E-state index is 5.74.